The van der Waals surface area contributed by atoms with E-state index >= 15 is 0 Å². The number of anilines is 1. The Hall–Kier alpha value is -1.14. The maximum Gasteiger partial charge on any atom is 0.210 e. The fourth-order valence-corrected chi connectivity index (χ4v) is 1.21. The van der Waals surface area contributed by atoms with E-state index in [4.69, 9.17) is 5.84 Å². The first-order valence-corrected chi connectivity index (χ1v) is 4.62. The lowest BCUT2D eigenvalue weighted by atomic mass is 10.3. The van der Waals surface area contributed by atoms with Crippen molar-refractivity contribution in [3.05, 3.63) is 28.5 Å². The SMILES string of the molecule is CN=C(NN)Nc1ccc(Br)cc1F. The highest BCUT2D eigenvalue weighted by molar-refractivity contribution is 9.10. The van der Waals surface area contributed by atoms with Crippen LogP contribution in [0.15, 0.2) is 27.7 Å². The van der Waals surface area contributed by atoms with Crippen molar-refractivity contribution < 1.29 is 4.39 Å². The van der Waals surface area contributed by atoms with Gasteiger partial charge < -0.3 is 5.32 Å². The molecule has 14 heavy (non-hydrogen) atoms. The molecule has 0 radical (unpaired) electrons. The van der Waals surface area contributed by atoms with E-state index in [0.717, 1.165) is 0 Å². The van der Waals surface area contributed by atoms with Crippen LogP contribution in [-0.4, -0.2) is 13.0 Å². The minimum absolute atomic E-state index is 0.297. The van der Waals surface area contributed by atoms with Gasteiger partial charge in [0.25, 0.3) is 0 Å². The summed E-state index contributed by atoms with van der Waals surface area (Å²) in [5.41, 5.74) is 2.61. The second kappa shape index (κ2) is 4.92. The van der Waals surface area contributed by atoms with Gasteiger partial charge in [-0.25, -0.2) is 10.2 Å². The average molecular weight is 261 g/mol. The van der Waals surface area contributed by atoms with Crippen LogP contribution in [0.5, 0.6) is 0 Å². The number of aliphatic imine (C=N–C) groups is 1. The van der Waals surface area contributed by atoms with E-state index < -0.39 is 0 Å². The molecule has 0 spiro atoms. The fraction of sp³-hybridized carbons (Fsp3) is 0.125. The van der Waals surface area contributed by atoms with Crippen molar-refractivity contribution in [2.45, 2.75) is 0 Å². The monoisotopic (exact) mass is 260 g/mol. The van der Waals surface area contributed by atoms with E-state index in [0.29, 0.717) is 16.1 Å². The Bertz CT molecular complexity index is 353. The molecule has 0 unspecified atom stereocenters. The van der Waals surface area contributed by atoms with E-state index in [2.05, 4.69) is 31.7 Å². The number of nitrogens with zero attached hydrogens (tertiary/aromatic N) is 1. The van der Waals surface area contributed by atoms with E-state index in [9.17, 15) is 4.39 Å². The maximum atomic E-state index is 13.3. The van der Waals surface area contributed by atoms with Crippen LogP contribution in [0.2, 0.25) is 0 Å². The number of hydrazine groups is 1. The van der Waals surface area contributed by atoms with Crippen LogP contribution in [0.1, 0.15) is 0 Å². The number of hydrogen-bond acceptors (Lipinski definition) is 2. The molecule has 0 atom stereocenters. The van der Waals surface area contributed by atoms with Crippen molar-refractivity contribution in [3.8, 4) is 0 Å². The first-order valence-electron chi connectivity index (χ1n) is 3.83. The molecule has 0 aliphatic rings. The second-order valence-corrected chi connectivity index (χ2v) is 3.38. The van der Waals surface area contributed by atoms with Crippen molar-refractivity contribution in [3.63, 3.8) is 0 Å². The van der Waals surface area contributed by atoms with Crippen LogP contribution in [0.3, 0.4) is 0 Å². The third-order valence-electron chi connectivity index (χ3n) is 1.54. The molecule has 6 heteroatoms. The Labute approximate surface area is 89.5 Å². The molecule has 0 heterocycles. The third kappa shape index (κ3) is 2.68. The molecule has 1 rings (SSSR count). The molecule has 0 aromatic heterocycles. The van der Waals surface area contributed by atoms with Gasteiger partial charge in [-0.05, 0) is 18.2 Å². The maximum absolute atomic E-state index is 13.3. The van der Waals surface area contributed by atoms with Gasteiger partial charge in [-0.3, -0.25) is 10.4 Å². The first-order chi connectivity index (χ1) is 6.67. The third-order valence-corrected chi connectivity index (χ3v) is 2.04. The highest BCUT2D eigenvalue weighted by Gasteiger charge is 2.03. The zero-order valence-electron chi connectivity index (χ0n) is 7.51. The lowest BCUT2D eigenvalue weighted by Crippen LogP contribution is -2.36. The predicted octanol–water partition coefficient (Wildman–Crippen LogP) is 1.45. The number of rotatable bonds is 1. The number of benzene rings is 1. The molecule has 0 saturated carbocycles. The Morgan fingerprint density at radius 2 is 2.29 bits per heavy atom. The van der Waals surface area contributed by atoms with E-state index in [1.165, 1.54) is 6.07 Å². The van der Waals surface area contributed by atoms with Crippen molar-refractivity contribution in [2.75, 3.05) is 12.4 Å². The van der Waals surface area contributed by atoms with E-state index in [1.54, 1.807) is 19.2 Å². The summed E-state index contributed by atoms with van der Waals surface area (Å²) in [5, 5.41) is 2.69. The minimum Gasteiger partial charge on any atom is -0.323 e. The van der Waals surface area contributed by atoms with Crippen molar-refractivity contribution in [2.24, 2.45) is 10.8 Å². The van der Waals surface area contributed by atoms with Crippen LogP contribution < -0.4 is 16.6 Å². The second-order valence-electron chi connectivity index (χ2n) is 2.47. The summed E-state index contributed by atoms with van der Waals surface area (Å²) >= 11 is 3.16. The molecule has 0 aliphatic carbocycles. The highest BCUT2D eigenvalue weighted by atomic mass is 79.9. The number of hydrogen-bond donors (Lipinski definition) is 3. The minimum atomic E-state index is -0.379. The molecule has 4 nitrogen and oxygen atoms in total. The van der Waals surface area contributed by atoms with Crippen LogP contribution in [-0.2, 0) is 0 Å². The number of halogens is 2. The molecule has 1 aromatic carbocycles. The van der Waals surface area contributed by atoms with Crippen molar-refractivity contribution in [1.82, 2.24) is 5.43 Å². The molecular weight excluding hydrogens is 251 g/mol. The van der Waals surface area contributed by atoms with Crippen LogP contribution in [0.4, 0.5) is 10.1 Å². The predicted molar refractivity (Wildman–Crippen MR) is 58.4 cm³/mol. The van der Waals surface area contributed by atoms with Crippen molar-refractivity contribution >= 4 is 27.6 Å². The molecule has 1 aromatic rings. The summed E-state index contributed by atoms with van der Waals surface area (Å²) in [7, 11) is 1.54. The fourth-order valence-electron chi connectivity index (χ4n) is 0.875. The molecule has 0 aliphatic heterocycles. The Balaban J connectivity index is 2.87. The van der Waals surface area contributed by atoms with Gasteiger partial charge in [0.05, 0.1) is 5.69 Å². The molecule has 76 valence electrons. The standard InChI is InChI=1S/C8H10BrFN4/c1-12-8(14-11)13-7-3-2-5(9)4-6(7)10/h2-4H,11H2,1H3,(H2,12,13,14). The molecule has 0 fully saturated rings. The summed E-state index contributed by atoms with van der Waals surface area (Å²) in [6.45, 7) is 0. The summed E-state index contributed by atoms with van der Waals surface area (Å²) in [6.07, 6.45) is 0. The number of guanidine groups is 1. The molecule has 4 N–H and O–H groups in total. The summed E-state index contributed by atoms with van der Waals surface area (Å²) in [6, 6.07) is 4.66. The van der Waals surface area contributed by atoms with Crippen LogP contribution in [0, 0.1) is 5.82 Å². The van der Waals surface area contributed by atoms with Gasteiger partial charge >= 0.3 is 0 Å². The van der Waals surface area contributed by atoms with Crippen molar-refractivity contribution in [1.29, 1.82) is 0 Å². The van der Waals surface area contributed by atoms with Crippen LogP contribution >= 0.6 is 15.9 Å². The van der Waals surface area contributed by atoms with Gasteiger partial charge in [0.1, 0.15) is 5.82 Å². The average Bonchev–Trinajstić information content (AvgIpc) is 2.17. The molecule has 0 amide bonds. The van der Waals surface area contributed by atoms with Crippen LogP contribution in [0.25, 0.3) is 0 Å². The van der Waals surface area contributed by atoms with Gasteiger partial charge in [0.15, 0.2) is 0 Å². The Kier molecular flexibility index (Phi) is 3.84. The van der Waals surface area contributed by atoms with Gasteiger partial charge in [0, 0.05) is 11.5 Å². The summed E-state index contributed by atoms with van der Waals surface area (Å²) in [5.74, 6) is 5.05. The van der Waals surface area contributed by atoms with Gasteiger partial charge in [-0.1, -0.05) is 15.9 Å². The lowest BCUT2D eigenvalue weighted by Gasteiger charge is -2.08. The largest absolute Gasteiger partial charge is 0.323 e. The Morgan fingerprint density at radius 3 is 2.79 bits per heavy atom. The first kappa shape index (κ1) is 10.9. The zero-order valence-corrected chi connectivity index (χ0v) is 9.10. The Morgan fingerprint density at radius 1 is 1.57 bits per heavy atom. The molecule has 0 saturated heterocycles. The number of nitrogens with one attached hydrogen (secondary N) is 2. The molecular formula is C8H10BrFN4. The highest BCUT2D eigenvalue weighted by Crippen LogP contribution is 2.18. The van der Waals surface area contributed by atoms with Gasteiger partial charge in [-0.15, -0.1) is 0 Å². The quantitative estimate of drug-likeness (QED) is 0.310. The van der Waals surface area contributed by atoms with Gasteiger partial charge in [0.2, 0.25) is 5.96 Å². The molecule has 0 bridgehead atoms. The van der Waals surface area contributed by atoms with Gasteiger partial charge in [-0.2, -0.15) is 0 Å². The normalized spacial score (nSPS) is 11.3. The summed E-state index contributed by atoms with van der Waals surface area (Å²) < 4.78 is 13.9. The van der Waals surface area contributed by atoms with E-state index in [1.807, 2.05) is 0 Å². The lowest BCUT2D eigenvalue weighted by molar-refractivity contribution is 0.631. The summed E-state index contributed by atoms with van der Waals surface area (Å²) in [4.78, 5) is 3.76. The smallest absolute Gasteiger partial charge is 0.210 e. The number of nitrogens with two attached hydrogens (primary N) is 1. The zero-order chi connectivity index (χ0) is 10.6. The van der Waals surface area contributed by atoms with E-state index in [-0.39, 0.29) is 5.82 Å². The topological polar surface area (TPSA) is 62.4 Å².